The molecule has 4 fully saturated rings. The van der Waals surface area contributed by atoms with Gasteiger partial charge in [-0.15, -0.1) is 0 Å². The molecule has 4 aliphatic rings. The molecule has 4 rings (SSSR count). The van der Waals surface area contributed by atoms with Gasteiger partial charge < -0.3 is 18.8 Å². The Kier molecular flexibility index (Phi) is 5.74. The highest BCUT2D eigenvalue weighted by Crippen LogP contribution is 2.55. The van der Waals surface area contributed by atoms with Gasteiger partial charge in [0.15, 0.2) is 10.1 Å². The van der Waals surface area contributed by atoms with E-state index in [4.69, 9.17) is 14.2 Å². The molecule has 12 heteroatoms. The molecule has 0 aromatic heterocycles. The summed E-state index contributed by atoms with van der Waals surface area (Å²) in [5.74, 6) is -3.52. The second-order valence-electron chi connectivity index (χ2n) is 8.81. The van der Waals surface area contributed by atoms with Crippen LogP contribution in [-0.2, 0) is 38.7 Å². The third kappa shape index (κ3) is 4.04. The van der Waals surface area contributed by atoms with Crippen LogP contribution in [0.1, 0.15) is 44.9 Å². The van der Waals surface area contributed by atoms with Crippen molar-refractivity contribution in [3.63, 3.8) is 0 Å². The molecule has 2 bridgehead atoms. The second kappa shape index (κ2) is 7.95. The van der Waals surface area contributed by atoms with Gasteiger partial charge in [-0.3, -0.25) is 14.4 Å². The first-order chi connectivity index (χ1) is 14.5. The summed E-state index contributed by atoms with van der Waals surface area (Å²) in [6, 6.07) is 0. The summed E-state index contributed by atoms with van der Waals surface area (Å²) in [4.78, 5) is 37.1. The Hall–Kier alpha value is -1.82. The van der Waals surface area contributed by atoms with E-state index in [2.05, 4.69) is 0 Å². The molecule has 1 heterocycles. The Balaban J connectivity index is 1.35. The predicted molar refractivity (Wildman–Crippen MR) is 95.1 cm³/mol. The lowest BCUT2D eigenvalue weighted by atomic mass is 9.79. The minimum Gasteiger partial charge on any atom is -0.743 e. The number of hydrogen-bond acceptors (Lipinski definition) is 9. The lowest BCUT2D eigenvalue weighted by Gasteiger charge is -2.32. The van der Waals surface area contributed by atoms with Crippen molar-refractivity contribution in [3.05, 3.63) is 0 Å². The number of hydrogen-bond donors (Lipinski definition) is 0. The molecule has 1 saturated heterocycles. The maximum Gasteiger partial charge on any atom is 0.337 e. The van der Waals surface area contributed by atoms with Crippen LogP contribution in [0.4, 0.5) is 8.78 Å². The molecular formula is C19H23F2O9S-. The van der Waals surface area contributed by atoms with Crippen LogP contribution in [0.3, 0.4) is 0 Å². The van der Waals surface area contributed by atoms with Gasteiger partial charge in [0.2, 0.25) is 0 Å². The lowest BCUT2D eigenvalue weighted by Crippen LogP contribution is -2.41. The molecule has 1 aliphatic heterocycles. The number of ether oxygens (including phenoxy) is 3. The molecule has 0 amide bonds. The first-order valence-electron chi connectivity index (χ1n) is 10.4. The molecule has 0 spiro atoms. The molecular weight excluding hydrogens is 442 g/mol. The molecule has 7 atom stereocenters. The quantitative estimate of drug-likeness (QED) is 0.310. The van der Waals surface area contributed by atoms with E-state index in [1.165, 1.54) is 0 Å². The summed E-state index contributed by atoms with van der Waals surface area (Å²) in [7, 11) is -5.86. The van der Waals surface area contributed by atoms with Crippen molar-refractivity contribution in [1.82, 2.24) is 0 Å². The number of esters is 3. The largest absolute Gasteiger partial charge is 0.743 e. The van der Waals surface area contributed by atoms with Crippen molar-refractivity contribution in [1.29, 1.82) is 0 Å². The van der Waals surface area contributed by atoms with Crippen molar-refractivity contribution in [3.8, 4) is 0 Å². The summed E-state index contributed by atoms with van der Waals surface area (Å²) in [5, 5.41) is -4.55. The van der Waals surface area contributed by atoms with Gasteiger partial charge in [0.05, 0.1) is 30.8 Å². The van der Waals surface area contributed by atoms with Gasteiger partial charge in [-0.1, -0.05) is 12.8 Å². The van der Waals surface area contributed by atoms with Crippen molar-refractivity contribution in [2.75, 3.05) is 6.61 Å². The van der Waals surface area contributed by atoms with E-state index in [0.717, 1.165) is 6.42 Å². The van der Waals surface area contributed by atoms with Gasteiger partial charge in [-0.25, -0.2) is 8.42 Å². The van der Waals surface area contributed by atoms with E-state index >= 15 is 0 Å². The van der Waals surface area contributed by atoms with E-state index in [1.807, 2.05) is 0 Å². The van der Waals surface area contributed by atoms with Gasteiger partial charge >= 0.3 is 23.2 Å². The van der Waals surface area contributed by atoms with E-state index in [9.17, 15) is 36.1 Å². The maximum absolute atomic E-state index is 13.2. The lowest BCUT2D eigenvalue weighted by molar-refractivity contribution is -0.173. The predicted octanol–water partition coefficient (Wildman–Crippen LogP) is 1.36. The van der Waals surface area contributed by atoms with Crippen LogP contribution in [0.2, 0.25) is 0 Å². The van der Waals surface area contributed by atoms with Gasteiger partial charge in [0, 0.05) is 11.8 Å². The summed E-state index contributed by atoms with van der Waals surface area (Å²) in [6.07, 6.45) is 0.884. The Labute approximate surface area is 177 Å². The topological polar surface area (TPSA) is 136 Å². The summed E-state index contributed by atoms with van der Waals surface area (Å²) < 4.78 is 73.9. The summed E-state index contributed by atoms with van der Waals surface area (Å²) in [6.45, 7) is -0.961. The monoisotopic (exact) mass is 465 g/mol. The fourth-order valence-corrected chi connectivity index (χ4v) is 5.82. The zero-order chi connectivity index (χ0) is 22.6. The first kappa shape index (κ1) is 22.4. The van der Waals surface area contributed by atoms with Crippen LogP contribution < -0.4 is 0 Å². The molecule has 0 N–H and O–H groups in total. The molecule has 0 aromatic rings. The van der Waals surface area contributed by atoms with E-state index in [0.29, 0.717) is 32.1 Å². The average molecular weight is 465 g/mol. The molecule has 0 aromatic carbocycles. The van der Waals surface area contributed by atoms with Gasteiger partial charge in [-0.05, 0) is 25.7 Å². The van der Waals surface area contributed by atoms with Crippen molar-refractivity contribution < 1.29 is 50.3 Å². The van der Waals surface area contributed by atoms with Crippen LogP contribution in [0.25, 0.3) is 0 Å². The zero-order valence-corrected chi connectivity index (χ0v) is 17.4. The molecule has 9 nitrogen and oxygen atoms in total. The van der Waals surface area contributed by atoms with Crippen LogP contribution in [0.5, 0.6) is 0 Å². The molecule has 7 unspecified atom stereocenters. The number of carbonyl (C=O) groups is 3. The fourth-order valence-electron chi connectivity index (χ4n) is 5.48. The Morgan fingerprint density at radius 1 is 1.13 bits per heavy atom. The van der Waals surface area contributed by atoms with E-state index < -0.39 is 64.4 Å². The normalized spacial score (nSPS) is 36.9. The van der Waals surface area contributed by atoms with Gasteiger partial charge in [0.1, 0.15) is 12.2 Å². The minimum absolute atomic E-state index is 0.0423. The number of carbonyl (C=O) groups excluding carboxylic acids is 3. The smallest absolute Gasteiger partial charge is 0.337 e. The maximum atomic E-state index is 13.2. The first-order valence-corrected chi connectivity index (χ1v) is 11.8. The van der Waals surface area contributed by atoms with Crippen LogP contribution >= 0.6 is 0 Å². The van der Waals surface area contributed by atoms with Crippen LogP contribution in [-0.4, -0.2) is 54.9 Å². The number of fused-ring (bicyclic) bond motifs is 1. The minimum atomic E-state index is -5.86. The molecule has 174 valence electrons. The Bertz CT molecular complexity index is 874. The van der Waals surface area contributed by atoms with Crippen molar-refractivity contribution >= 4 is 28.0 Å². The highest BCUT2D eigenvalue weighted by molar-refractivity contribution is 7.86. The number of alkyl halides is 2. The highest BCUT2D eigenvalue weighted by atomic mass is 32.2. The van der Waals surface area contributed by atoms with Gasteiger partial charge in [-0.2, -0.15) is 8.78 Å². The number of halogens is 2. The molecule has 0 radical (unpaired) electrons. The summed E-state index contributed by atoms with van der Waals surface area (Å²) in [5.41, 5.74) is 0. The van der Waals surface area contributed by atoms with Crippen LogP contribution in [0.15, 0.2) is 0 Å². The zero-order valence-electron chi connectivity index (χ0n) is 16.5. The second-order valence-corrected chi connectivity index (χ2v) is 10.3. The Morgan fingerprint density at radius 3 is 2.42 bits per heavy atom. The average Bonchev–Trinajstić information content (AvgIpc) is 3.32. The fraction of sp³-hybridized carbons (Fsp3) is 0.842. The number of rotatable bonds is 7. The van der Waals surface area contributed by atoms with Crippen molar-refractivity contribution in [2.24, 2.45) is 29.6 Å². The van der Waals surface area contributed by atoms with E-state index in [-0.39, 0.29) is 23.7 Å². The standard InChI is InChI=1S/C19H24F2O9S/c20-19(21,31(25,26)27)5-6-28-16(22)10-3-1-2-4-11(10)17(23)29-14-9-7-12-13(8-9)18(24)30-15(12)14/h9-15H,1-8H2,(H,25,26,27)/p-1. The molecule has 3 saturated carbocycles. The highest BCUT2D eigenvalue weighted by Gasteiger charge is 2.63. The van der Waals surface area contributed by atoms with Gasteiger partial charge in [0.25, 0.3) is 0 Å². The third-order valence-corrected chi connectivity index (χ3v) is 7.98. The summed E-state index contributed by atoms with van der Waals surface area (Å²) >= 11 is 0. The molecule has 31 heavy (non-hydrogen) atoms. The third-order valence-electron chi connectivity index (χ3n) is 7.04. The SMILES string of the molecule is O=C(OCCC(F)(F)S(=O)(=O)[O-])C1CCCCC1C(=O)OC1C2CC3C(=O)OC1C3C2. The van der Waals surface area contributed by atoms with Crippen molar-refractivity contribution in [2.45, 2.75) is 62.4 Å². The van der Waals surface area contributed by atoms with E-state index in [1.54, 1.807) is 0 Å². The van der Waals surface area contributed by atoms with Crippen LogP contribution in [0, 0.1) is 29.6 Å². The Morgan fingerprint density at radius 2 is 1.77 bits per heavy atom. The molecule has 3 aliphatic carbocycles.